The molecule has 0 aromatic rings. The second-order valence-electron chi connectivity index (χ2n) is 5.61. The highest BCUT2D eigenvalue weighted by molar-refractivity contribution is 5.90. The number of carbonyl (C=O) groups is 1. The molecule has 90 valence electrons. The van der Waals surface area contributed by atoms with E-state index in [9.17, 15) is 4.79 Å². The van der Waals surface area contributed by atoms with Crippen LogP contribution in [0.15, 0.2) is 22.8 Å². The Morgan fingerprint density at radius 3 is 2.38 bits per heavy atom. The molecule has 0 amide bonds. The molecule has 0 radical (unpaired) electrons. The van der Waals surface area contributed by atoms with Crippen molar-refractivity contribution in [3.63, 3.8) is 0 Å². The molecule has 0 saturated heterocycles. The van der Waals surface area contributed by atoms with Gasteiger partial charge in [0.1, 0.15) is 0 Å². The van der Waals surface area contributed by atoms with E-state index in [1.54, 1.807) is 0 Å². The van der Waals surface area contributed by atoms with Crippen LogP contribution in [0.2, 0.25) is 0 Å². The minimum atomic E-state index is -0.186. The Morgan fingerprint density at radius 2 is 2.00 bits per heavy atom. The first kappa shape index (κ1) is 13.0. The minimum Gasteiger partial charge on any atom is -0.466 e. The van der Waals surface area contributed by atoms with Crippen LogP contribution in [0.25, 0.3) is 0 Å². The number of methoxy groups -OCH3 is 1. The van der Waals surface area contributed by atoms with Gasteiger partial charge in [-0.25, -0.2) is 4.79 Å². The lowest BCUT2D eigenvalue weighted by Crippen LogP contribution is -2.22. The molecule has 1 unspecified atom stereocenters. The van der Waals surface area contributed by atoms with Crippen LogP contribution in [0.1, 0.15) is 41.0 Å². The van der Waals surface area contributed by atoms with Gasteiger partial charge in [0.15, 0.2) is 0 Å². The third kappa shape index (κ3) is 2.55. The molecule has 0 aliphatic heterocycles. The first-order chi connectivity index (χ1) is 7.27. The Bertz CT molecular complexity index is 353. The third-order valence-corrected chi connectivity index (χ3v) is 3.20. The summed E-state index contributed by atoms with van der Waals surface area (Å²) in [6, 6.07) is 0. The van der Waals surface area contributed by atoms with Crippen molar-refractivity contribution in [3.8, 4) is 0 Å². The van der Waals surface area contributed by atoms with Gasteiger partial charge in [-0.1, -0.05) is 39.3 Å². The molecule has 0 bridgehead atoms. The highest BCUT2D eigenvalue weighted by atomic mass is 16.5. The van der Waals surface area contributed by atoms with Crippen molar-refractivity contribution in [1.29, 1.82) is 0 Å². The van der Waals surface area contributed by atoms with Crippen molar-refractivity contribution in [2.45, 2.75) is 41.0 Å². The molecule has 16 heavy (non-hydrogen) atoms. The first-order valence-electron chi connectivity index (χ1n) is 5.77. The van der Waals surface area contributed by atoms with Gasteiger partial charge < -0.3 is 4.74 Å². The zero-order valence-electron chi connectivity index (χ0n) is 11.2. The Hall–Kier alpha value is -1.05. The Kier molecular flexibility index (Phi) is 3.61. The number of ether oxygens (including phenoxy) is 1. The summed E-state index contributed by atoms with van der Waals surface area (Å²) in [5, 5.41) is 0. The third-order valence-electron chi connectivity index (χ3n) is 3.20. The lowest BCUT2D eigenvalue weighted by Gasteiger charge is -2.30. The van der Waals surface area contributed by atoms with E-state index in [0.29, 0.717) is 0 Å². The fourth-order valence-electron chi connectivity index (χ4n) is 2.21. The van der Waals surface area contributed by atoms with Crippen molar-refractivity contribution < 1.29 is 9.53 Å². The zero-order chi connectivity index (χ0) is 12.5. The molecule has 0 saturated carbocycles. The van der Waals surface area contributed by atoms with E-state index in [4.69, 9.17) is 4.74 Å². The molecule has 2 nitrogen and oxygen atoms in total. The molecule has 1 atom stereocenters. The van der Waals surface area contributed by atoms with Crippen LogP contribution in [-0.4, -0.2) is 13.1 Å². The molecule has 0 aromatic carbocycles. The van der Waals surface area contributed by atoms with E-state index < -0.39 is 0 Å². The van der Waals surface area contributed by atoms with Crippen molar-refractivity contribution in [1.82, 2.24) is 0 Å². The molecule has 0 aromatic heterocycles. The highest BCUT2D eigenvalue weighted by Crippen LogP contribution is 2.38. The molecular formula is C14H22O2. The number of hydrogen-bond donors (Lipinski definition) is 0. The maximum atomic E-state index is 11.6. The number of carbonyl (C=O) groups excluding carboxylic acids is 1. The average Bonchev–Trinajstić information content (AvgIpc) is 2.14. The van der Waals surface area contributed by atoms with Gasteiger partial charge in [-0.05, 0) is 30.3 Å². The molecule has 1 aliphatic rings. The van der Waals surface area contributed by atoms with Crippen LogP contribution in [0.4, 0.5) is 0 Å². The summed E-state index contributed by atoms with van der Waals surface area (Å²) in [5.41, 5.74) is 3.47. The van der Waals surface area contributed by atoms with Gasteiger partial charge in [-0.2, -0.15) is 0 Å². The summed E-state index contributed by atoms with van der Waals surface area (Å²) >= 11 is 0. The molecule has 1 aliphatic carbocycles. The van der Waals surface area contributed by atoms with Crippen LogP contribution in [-0.2, 0) is 9.53 Å². The fraction of sp³-hybridized carbons (Fsp3) is 0.643. The lowest BCUT2D eigenvalue weighted by atomic mass is 9.75. The Labute approximate surface area is 98.4 Å². The van der Waals surface area contributed by atoms with Crippen LogP contribution in [0.5, 0.6) is 0 Å². The van der Waals surface area contributed by atoms with Gasteiger partial charge in [0.25, 0.3) is 0 Å². The molecule has 0 fully saturated rings. The number of rotatable bonds is 1. The van der Waals surface area contributed by atoms with E-state index in [1.807, 2.05) is 6.92 Å². The topological polar surface area (TPSA) is 26.3 Å². The molecule has 2 heteroatoms. The molecule has 1 rings (SSSR count). The van der Waals surface area contributed by atoms with E-state index in [0.717, 1.165) is 17.6 Å². The van der Waals surface area contributed by atoms with E-state index in [1.165, 1.54) is 12.7 Å². The molecular weight excluding hydrogens is 200 g/mol. The largest absolute Gasteiger partial charge is 0.466 e. The van der Waals surface area contributed by atoms with Gasteiger partial charge >= 0.3 is 5.97 Å². The monoisotopic (exact) mass is 222 g/mol. The van der Waals surface area contributed by atoms with E-state index >= 15 is 0 Å². The standard InChI is InChI=1S/C14H22O2/c1-9-7-11(14(3,4)5)8-10(2)12(9)13(15)16-6/h7,10H,8H2,1-6H3. The summed E-state index contributed by atoms with van der Waals surface area (Å²) in [5.74, 6) is 0.0703. The lowest BCUT2D eigenvalue weighted by molar-refractivity contribution is -0.136. The predicted octanol–water partition coefficient (Wildman–Crippen LogP) is 3.49. The SMILES string of the molecule is COC(=O)C1=C(C)C=C(C(C)(C)C)CC1C. The smallest absolute Gasteiger partial charge is 0.334 e. The summed E-state index contributed by atoms with van der Waals surface area (Å²) in [7, 11) is 1.44. The fourth-order valence-corrected chi connectivity index (χ4v) is 2.21. The zero-order valence-corrected chi connectivity index (χ0v) is 11.2. The summed E-state index contributed by atoms with van der Waals surface area (Å²) in [6.07, 6.45) is 3.09. The van der Waals surface area contributed by atoms with Gasteiger partial charge in [-0.3, -0.25) is 0 Å². The summed E-state index contributed by atoms with van der Waals surface area (Å²) in [6.45, 7) is 10.7. The normalized spacial score (nSPS) is 21.9. The number of allylic oxidation sites excluding steroid dienone is 3. The highest BCUT2D eigenvalue weighted by Gasteiger charge is 2.28. The summed E-state index contributed by atoms with van der Waals surface area (Å²) in [4.78, 5) is 11.6. The van der Waals surface area contributed by atoms with Gasteiger partial charge in [0, 0.05) is 5.57 Å². The van der Waals surface area contributed by atoms with Crippen molar-refractivity contribution >= 4 is 5.97 Å². The molecule has 0 spiro atoms. The second-order valence-corrected chi connectivity index (χ2v) is 5.61. The quantitative estimate of drug-likeness (QED) is 0.635. The number of esters is 1. The van der Waals surface area contributed by atoms with Gasteiger partial charge in [0.05, 0.1) is 7.11 Å². The average molecular weight is 222 g/mol. The van der Waals surface area contributed by atoms with Crippen molar-refractivity contribution in [2.24, 2.45) is 11.3 Å². The Morgan fingerprint density at radius 1 is 1.44 bits per heavy atom. The van der Waals surface area contributed by atoms with Crippen molar-refractivity contribution in [3.05, 3.63) is 22.8 Å². The maximum absolute atomic E-state index is 11.6. The van der Waals surface area contributed by atoms with Crippen LogP contribution in [0, 0.1) is 11.3 Å². The van der Waals surface area contributed by atoms with Gasteiger partial charge in [-0.15, -0.1) is 0 Å². The predicted molar refractivity (Wildman–Crippen MR) is 66.0 cm³/mol. The first-order valence-corrected chi connectivity index (χ1v) is 5.77. The van der Waals surface area contributed by atoms with E-state index in [2.05, 4.69) is 33.8 Å². The van der Waals surface area contributed by atoms with Crippen molar-refractivity contribution in [2.75, 3.05) is 7.11 Å². The van der Waals surface area contributed by atoms with Gasteiger partial charge in [0.2, 0.25) is 0 Å². The number of hydrogen-bond acceptors (Lipinski definition) is 2. The van der Waals surface area contributed by atoms with Crippen LogP contribution >= 0.6 is 0 Å². The maximum Gasteiger partial charge on any atom is 0.334 e. The minimum absolute atomic E-state index is 0.178. The van der Waals surface area contributed by atoms with Crippen LogP contribution in [0.3, 0.4) is 0 Å². The summed E-state index contributed by atoms with van der Waals surface area (Å²) < 4.78 is 4.83. The second kappa shape index (κ2) is 4.44. The van der Waals surface area contributed by atoms with Crippen LogP contribution < -0.4 is 0 Å². The molecule has 0 N–H and O–H groups in total. The van der Waals surface area contributed by atoms with E-state index in [-0.39, 0.29) is 17.3 Å². The molecule has 0 heterocycles. The Balaban J connectivity index is 3.13.